The number of nitrogens with one attached hydrogen (secondary N) is 2. The Morgan fingerprint density at radius 1 is 1.27 bits per heavy atom. The number of aromatic hydroxyl groups is 1. The number of thioether (sulfide) groups is 1. The highest BCUT2D eigenvalue weighted by atomic mass is 32.2. The van der Waals surface area contributed by atoms with Crippen molar-refractivity contribution < 1.29 is 14.7 Å². The van der Waals surface area contributed by atoms with Gasteiger partial charge in [0, 0.05) is 11.3 Å². The summed E-state index contributed by atoms with van der Waals surface area (Å²) in [6, 6.07) is 6.61. The van der Waals surface area contributed by atoms with Crippen molar-refractivity contribution >= 4 is 29.1 Å². The van der Waals surface area contributed by atoms with Crippen LogP contribution in [0.25, 0.3) is 0 Å². The van der Waals surface area contributed by atoms with E-state index in [-0.39, 0.29) is 28.3 Å². The van der Waals surface area contributed by atoms with Crippen LogP contribution in [0.15, 0.2) is 34.2 Å². The lowest BCUT2D eigenvalue weighted by molar-refractivity contribution is -0.115. The normalized spacial score (nSPS) is 11.8. The van der Waals surface area contributed by atoms with E-state index in [1.165, 1.54) is 6.92 Å². The Labute approximate surface area is 155 Å². The minimum absolute atomic E-state index is 0.0461. The van der Waals surface area contributed by atoms with Crippen molar-refractivity contribution in [2.75, 3.05) is 5.32 Å². The Kier molecular flexibility index (Phi) is 6.57. The predicted octanol–water partition coefficient (Wildman–Crippen LogP) is 2.75. The van der Waals surface area contributed by atoms with Gasteiger partial charge >= 0.3 is 0 Å². The lowest BCUT2D eigenvalue weighted by Gasteiger charge is -2.14. The first kappa shape index (κ1) is 19.7. The third-order valence-electron chi connectivity index (χ3n) is 3.80. The molecule has 138 valence electrons. The third-order valence-corrected chi connectivity index (χ3v) is 5.05. The Morgan fingerprint density at radius 3 is 2.42 bits per heavy atom. The second kappa shape index (κ2) is 8.66. The van der Waals surface area contributed by atoms with Gasteiger partial charge in [0.15, 0.2) is 10.9 Å². The molecule has 0 bridgehead atoms. The number of benzene rings is 1. The van der Waals surface area contributed by atoms with Crippen LogP contribution in [0.3, 0.4) is 0 Å². The molecule has 0 spiro atoms. The number of carbonyl (C=O) groups is 2. The van der Waals surface area contributed by atoms with Crippen molar-refractivity contribution in [3.05, 3.63) is 45.7 Å². The van der Waals surface area contributed by atoms with Gasteiger partial charge in [0.05, 0.1) is 10.8 Å². The maximum Gasteiger partial charge on any atom is 0.258 e. The van der Waals surface area contributed by atoms with E-state index in [4.69, 9.17) is 0 Å². The van der Waals surface area contributed by atoms with Crippen LogP contribution in [0.5, 0.6) is 5.88 Å². The molecule has 2 rings (SSSR count). The molecule has 3 N–H and O–H groups in total. The van der Waals surface area contributed by atoms with Crippen molar-refractivity contribution in [2.45, 2.75) is 44.0 Å². The van der Waals surface area contributed by atoms with Gasteiger partial charge in [0.25, 0.3) is 5.56 Å². The summed E-state index contributed by atoms with van der Waals surface area (Å²) in [5.41, 5.74) is 0.956. The lowest BCUT2D eigenvalue weighted by atomic mass is 10.1. The average molecular weight is 375 g/mol. The molecule has 0 unspecified atom stereocenters. The maximum absolute atomic E-state index is 12.5. The summed E-state index contributed by atoms with van der Waals surface area (Å²) in [7, 11) is 0. The number of anilines is 1. The minimum atomic E-state index is -0.502. The Hall–Kier alpha value is -2.61. The number of aromatic nitrogens is 2. The monoisotopic (exact) mass is 375 g/mol. The van der Waals surface area contributed by atoms with Crippen LogP contribution in [0, 0.1) is 0 Å². The van der Waals surface area contributed by atoms with Gasteiger partial charge in [-0.25, -0.2) is 0 Å². The molecule has 0 saturated heterocycles. The molecule has 0 aliphatic heterocycles. The first-order valence-corrected chi connectivity index (χ1v) is 9.14. The highest BCUT2D eigenvalue weighted by molar-refractivity contribution is 8.00. The van der Waals surface area contributed by atoms with E-state index in [0.717, 1.165) is 11.8 Å². The molecule has 2 aromatic rings. The molecule has 8 heteroatoms. The van der Waals surface area contributed by atoms with Crippen LogP contribution in [-0.4, -0.2) is 32.0 Å². The van der Waals surface area contributed by atoms with Gasteiger partial charge in [-0.3, -0.25) is 14.4 Å². The fraction of sp³-hybridized carbons (Fsp3) is 0.333. The number of ketones is 1. The van der Waals surface area contributed by atoms with E-state index in [9.17, 15) is 19.5 Å². The number of H-pyrrole nitrogens is 1. The summed E-state index contributed by atoms with van der Waals surface area (Å²) in [5.74, 6) is -0.612. The molecule has 1 aromatic carbocycles. The zero-order valence-corrected chi connectivity index (χ0v) is 15.6. The van der Waals surface area contributed by atoms with E-state index < -0.39 is 10.8 Å². The number of Topliss-reactive ketones (excluding diaryl/α,β-unsaturated/α-hetero) is 1. The van der Waals surface area contributed by atoms with Crippen molar-refractivity contribution in [2.24, 2.45) is 0 Å². The maximum atomic E-state index is 12.5. The SMILES string of the molecule is CCc1c(O)nc(S[C@H](CC)C(=O)Nc2ccc(C(C)=O)cc2)[nH]c1=O. The first-order chi connectivity index (χ1) is 12.3. The summed E-state index contributed by atoms with van der Waals surface area (Å²) >= 11 is 1.08. The van der Waals surface area contributed by atoms with Crippen LogP contribution in [0.2, 0.25) is 0 Å². The molecule has 0 fully saturated rings. The minimum Gasteiger partial charge on any atom is -0.493 e. The summed E-state index contributed by atoms with van der Waals surface area (Å²) in [6.07, 6.45) is 0.870. The van der Waals surface area contributed by atoms with E-state index >= 15 is 0 Å². The molecular weight excluding hydrogens is 354 g/mol. The zero-order chi connectivity index (χ0) is 19.3. The molecular formula is C18H21N3O4S. The molecule has 1 heterocycles. The average Bonchev–Trinajstić information content (AvgIpc) is 2.59. The van der Waals surface area contributed by atoms with Gasteiger partial charge in [0.2, 0.25) is 11.8 Å². The summed E-state index contributed by atoms with van der Waals surface area (Å²) in [4.78, 5) is 42.2. The number of nitrogens with zero attached hydrogens (tertiary/aromatic N) is 1. The number of carbonyl (C=O) groups excluding carboxylic acids is 2. The van der Waals surface area contributed by atoms with Gasteiger partial charge in [-0.15, -0.1) is 0 Å². The fourth-order valence-corrected chi connectivity index (χ4v) is 3.20. The van der Waals surface area contributed by atoms with Crippen molar-refractivity contribution in [3.63, 3.8) is 0 Å². The van der Waals surface area contributed by atoms with Gasteiger partial charge < -0.3 is 15.4 Å². The van der Waals surface area contributed by atoms with E-state index in [1.54, 1.807) is 31.2 Å². The van der Waals surface area contributed by atoms with Crippen molar-refractivity contribution in [1.82, 2.24) is 9.97 Å². The quantitative estimate of drug-likeness (QED) is 0.390. The van der Waals surface area contributed by atoms with Gasteiger partial charge in [-0.05, 0) is 44.0 Å². The molecule has 0 radical (unpaired) electrons. The van der Waals surface area contributed by atoms with Crippen LogP contribution in [0.1, 0.15) is 43.1 Å². The molecule has 26 heavy (non-hydrogen) atoms. The zero-order valence-electron chi connectivity index (χ0n) is 14.8. The molecule has 1 atom stereocenters. The third kappa shape index (κ3) is 4.72. The fourth-order valence-electron chi connectivity index (χ4n) is 2.31. The van der Waals surface area contributed by atoms with Crippen LogP contribution in [-0.2, 0) is 11.2 Å². The predicted molar refractivity (Wildman–Crippen MR) is 101 cm³/mol. The summed E-state index contributed by atoms with van der Waals surface area (Å²) < 4.78 is 0. The lowest BCUT2D eigenvalue weighted by Crippen LogP contribution is -2.25. The summed E-state index contributed by atoms with van der Waals surface area (Å²) in [5, 5.41) is 12.3. The molecule has 0 saturated carbocycles. The van der Waals surface area contributed by atoms with Crippen molar-refractivity contribution in [3.8, 4) is 5.88 Å². The standard InChI is InChI=1S/C18H21N3O4S/c1-4-13-15(23)20-18(21-16(13)24)26-14(5-2)17(25)19-12-8-6-11(7-9-12)10(3)22/h6-9,14H,4-5H2,1-3H3,(H,19,25)(H2,20,21,23,24)/t14-/m1/s1. The number of hydrogen-bond donors (Lipinski definition) is 3. The van der Waals surface area contributed by atoms with Gasteiger partial charge in [0.1, 0.15) is 0 Å². The number of hydrogen-bond acceptors (Lipinski definition) is 6. The van der Waals surface area contributed by atoms with E-state index in [2.05, 4.69) is 15.3 Å². The topological polar surface area (TPSA) is 112 Å². The molecule has 0 aliphatic rings. The molecule has 0 aliphatic carbocycles. The summed E-state index contributed by atoms with van der Waals surface area (Å²) in [6.45, 7) is 5.07. The number of amides is 1. The largest absolute Gasteiger partial charge is 0.493 e. The van der Waals surface area contributed by atoms with Crippen LogP contribution >= 0.6 is 11.8 Å². The number of rotatable bonds is 7. The molecule has 1 aromatic heterocycles. The highest BCUT2D eigenvalue weighted by Crippen LogP contribution is 2.25. The first-order valence-electron chi connectivity index (χ1n) is 8.26. The van der Waals surface area contributed by atoms with Gasteiger partial charge in [-0.2, -0.15) is 4.98 Å². The Bertz CT molecular complexity index is 862. The van der Waals surface area contributed by atoms with E-state index in [0.29, 0.717) is 24.1 Å². The number of aromatic amines is 1. The van der Waals surface area contributed by atoms with Crippen molar-refractivity contribution in [1.29, 1.82) is 0 Å². The van der Waals surface area contributed by atoms with Crippen LogP contribution in [0.4, 0.5) is 5.69 Å². The molecule has 7 nitrogen and oxygen atoms in total. The van der Waals surface area contributed by atoms with E-state index in [1.807, 2.05) is 6.92 Å². The smallest absolute Gasteiger partial charge is 0.258 e. The molecule has 1 amide bonds. The Morgan fingerprint density at radius 2 is 1.92 bits per heavy atom. The second-order valence-electron chi connectivity index (χ2n) is 5.66. The second-order valence-corrected chi connectivity index (χ2v) is 6.86. The van der Waals surface area contributed by atoms with Gasteiger partial charge in [-0.1, -0.05) is 25.6 Å². The van der Waals surface area contributed by atoms with Crippen LogP contribution < -0.4 is 10.9 Å². The Balaban J connectivity index is 2.11. The highest BCUT2D eigenvalue weighted by Gasteiger charge is 2.20.